The number of fused-ring (bicyclic) bond motifs is 2. The Balaban J connectivity index is 0.000000363. The molecule has 8 heteroatoms. The molecule has 314 valence electrons. The van der Waals surface area contributed by atoms with Crippen molar-refractivity contribution in [3.63, 3.8) is 0 Å². The average Bonchev–Trinajstić information content (AvgIpc) is 3.21. The van der Waals surface area contributed by atoms with E-state index in [2.05, 4.69) is 93.6 Å². The molecular weight excluding hydrogens is 757 g/mol. The van der Waals surface area contributed by atoms with Crippen molar-refractivity contribution >= 4 is 37.4 Å². The Labute approximate surface area is 352 Å². The maximum atomic E-state index is 10.9. The number of benzene rings is 7. The number of carbonyl (C=O) groups excluding carboxylic acids is 1. The third kappa shape index (κ3) is 18.6. The molecule has 59 heavy (non-hydrogen) atoms. The lowest BCUT2D eigenvalue weighted by molar-refractivity contribution is 0.101. The van der Waals surface area contributed by atoms with Crippen LogP contribution in [0.3, 0.4) is 0 Å². The van der Waals surface area contributed by atoms with Crippen LogP contribution in [0.25, 0.3) is 21.5 Å². The van der Waals surface area contributed by atoms with Gasteiger partial charge < -0.3 is 15.3 Å². The largest absolute Gasteiger partial charge is 0.507 e. The number of phenols is 2. The zero-order valence-electron chi connectivity index (χ0n) is 36.4. The van der Waals surface area contributed by atoms with E-state index in [4.69, 9.17) is 9.66 Å². The van der Waals surface area contributed by atoms with Crippen LogP contribution in [0, 0.1) is 48.5 Å². The molecule has 0 atom stereocenters. The number of carbonyl (C=O) groups is 1. The monoisotopic (exact) mass is 818 g/mol. The van der Waals surface area contributed by atoms with Gasteiger partial charge in [-0.25, -0.2) is 0 Å². The fourth-order valence-electron chi connectivity index (χ4n) is 5.66. The highest BCUT2D eigenvalue weighted by Crippen LogP contribution is 2.29. The third-order valence-electron chi connectivity index (χ3n) is 8.65. The van der Waals surface area contributed by atoms with Crippen molar-refractivity contribution in [1.82, 2.24) is 0 Å². The number of Topliss-reactive ketones (excluding diaryl/α,β-unsaturated/α-hetero) is 1. The molecule has 0 heterocycles. The van der Waals surface area contributed by atoms with E-state index in [1.54, 1.807) is 30.3 Å². The minimum Gasteiger partial charge on any atom is -0.507 e. The number of aliphatic hydroxyl groups excluding tert-OH is 1. The fraction of sp³-hybridized carbons (Fsp3) is 0.235. The predicted octanol–water partition coefficient (Wildman–Crippen LogP) is 12.5. The van der Waals surface area contributed by atoms with Gasteiger partial charge in [-0.3, -0.25) is 9.35 Å². The molecule has 0 spiro atoms. The summed E-state index contributed by atoms with van der Waals surface area (Å²) in [6.45, 7) is 19.4. The number of phenolic OH excluding ortho intramolecular Hbond substituents is 2. The van der Waals surface area contributed by atoms with Gasteiger partial charge in [0.05, 0.1) is 5.56 Å². The lowest BCUT2D eigenvalue weighted by Crippen LogP contribution is -2.01. The van der Waals surface area contributed by atoms with Crippen molar-refractivity contribution in [1.29, 1.82) is 0 Å². The van der Waals surface area contributed by atoms with E-state index in [1.165, 1.54) is 45.8 Å². The van der Waals surface area contributed by atoms with Gasteiger partial charge in [0.15, 0.2) is 5.78 Å². The zero-order chi connectivity index (χ0) is 44.7. The van der Waals surface area contributed by atoms with Crippen molar-refractivity contribution in [2.24, 2.45) is 0 Å². The lowest BCUT2D eigenvalue weighted by atomic mass is 10.0. The molecule has 0 radical (unpaired) electrons. The van der Waals surface area contributed by atoms with Crippen LogP contribution in [0.15, 0.2) is 140 Å². The van der Waals surface area contributed by atoms with Crippen molar-refractivity contribution in [3.8, 4) is 11.5 Å². The molecule has 0 aliphatic heterocycles. The highest BCUT2D eigenvalue weighted by atomic mass is 32.2. The molecule has 7 rings (SSSR count). The fourth-order valence-corrected chi connectivity index (χ4v) is 6.26. The molecule has 0 saturated carbocycles. The maximum absolute atomic E-state index is 10.9. The summed E-state index contributed by atoms with van der Waals surface area (Å²) in [7, 11) is -2.89. The summed E-state index contributed by atoms with van der Waals surface area (Å²) in [5, 5.41) is 30.9. The van der Waals surface area contributed by atoms with Gasteiger partial charge in [-0.2, -0.15) is 8.42 Å². The van der Waals surface area contributed by atoms with Gasteiger partial charge >= 0.3 is 0 Å². The minimum atomic E-state index is -3.89. The topological polar surface area (TPSA) is 132 Å². The number of aromatic hydroxyl groups is 2. The first-order chi connectivity index (χ1) is 27.9. The second-order valence-corrected chi connectivity index (χ2v) is 15.1. The van der Waals surface area contributed by atoms with Crippen LogP contribution in [-0.2, 0) is 15.9 Å². The first kappa shape index (κ1) is 51.2. The number of hydrogen-bond donors (Lipinski definition) is 4. The van der Waals surface area contributed by atoms with E-state index in [0.29, 0.717) is 16.9 Å². The second kappa shape index (κ2) is 26.3. The van der Waals surface area contributed by atoms with E-state index in [1.807, 2.05) is 71.9 Å². The predicted molar refractivity (Wildman–Crippen MR) is 248 cm³/mol. The lowest BCUT2D eigenvalue weighted by Gasteiger charge is -2.07. The Morgan fingerprint density at radius 1 is 0.525 bits per heavy atom. The van der Waals surface area contributed by atoms with Crippen LogP contribution >= 0.6 is 0 Å². The number of ketones is 1. The third-order valence-corrected chi connectivity index (χ3v) is 9.35. The van der Waals surface area contributed by atoms with Crippen LogP contribution in [0.4, 0.5) is 0 Å². The van der Waals surface area contributed by atoms with Gasteiger partial charge in [-0.05, 0) is 117 Å². The zero-order valence-corrected chi connectivity index (χ0v) is 37.2. The van der Waals surface area contributed by atoms with Gasteiger partial charge in [0.1, 0.15) is 17.3 Å². The summed E-state index contributed by atoms with van der Waals surface area (Å²) < 4.78 is 29.5. The normalized spacial score (nSPS) is 9.85. The standard InChI is InChI=1S/C12H12O.C11H10.C9H10O2.C8H10O3S.C8H10.C2H6.CH4O/c1-8-7-10-5-3-4-6-11(10)9(2)12(8)13;1-9-5-4-7-10-6-2-3-8-11(9)10;1-6-3-4-9(11)8(5-6)7(2)10;1-7-3-2-4-8(5-7)6-12(9,10)11;1-7-3-5-8(2)6-4-7;2*1-2/h3-7,13H,1-2H3;2-8H,1H3;3-5,11H,1-2H3;2-5H,6H2,1H3,(H,9,10,11);3-6H,1-2H3;1-2H3;2H,1H3. The van der Waals surface area contributed by atoms with Crippen molar-refractivity contribution < 1.29 is 33.1 Å². The molecular formula is C51H62O7S. The molecule has 7 nitrogen and oxygen atoms in total. The molecule has 0 saturated heterocycles. The molecule has 0 amide bonds. The van der Waals surface area contributed by atoms with Crippen LogP contribution in [0.2, 0.25) is 0 Å². The van der Waals surface area contributed by atoms with E-state index in [9.17, 15) is 23.4 Å². The van der Waals surface area contributed by atoms with Crippen molar-refractivity contribution in [3.05, 3.63) is 190 Å². The molecule has 7 aromatic carbocycles. The van der Waals surface area contributed by atoms with Crippen LogP contribution in [0.5, 0.6) is 11.5 Å². The smallest absolute Gasteiger partial charge is 0.269 e. The van der Waals surface area contributed by atoms with Gasteiger partial charge in [-0.1, -0.05) is 157 Å². The summed E-state index contributed by atoms with van der Waals surface area (Å²) in [5.41, 5.74) is 8.88. The maximum Gasteiger partial charge on any atom is 0.269 e. The highest BCUT2D eigenvalue weighted by molar-refractivity contribution is 7.85. The number of rotatable bonds is 3. The molecule has 0 fully saturated rings. The Bertz CT molecular complexity index is 2430. The van der Waals surface area contributed by atoms with Gasteiger partial charge in [0.2, 0.25) is 0 Å². The van der Waals surface area contributed by atoms with E-state index in [0.717, 1.165) is 34.7 Å². The van der Waals surface area contributed by atoms with Gasteiger partial charge in [0, 0.05) is 7.11 Å². The quantitative estimate of drug-likeness (QED) is 0.103. The molecule has 0 aliphatic rings. The van der Waals surface area contributed by atoms with E-state index in [-0.39, 0.29) is 17.3 Å². The first-order valence-electron chi connectivity index (χ1n) is 19.4. The van der Waals surface area contributed by atoms with E-state index >= 15 is 0 Å². The molecule has 0 bridgehead atoms. The van der Waals surface area contributed by atoms with Crippen molar-refractivity contribution in [2.75, 3.05) is 7.11 Å². The Morgan fingerprint density at radius 2 is 1.00 bits per heavy atom. The number of aliphatic hydroxyl groups is 1. The van der Waals surface area contributed by atoms with Crippen LogP contribution in [0.1, 0.15) is 75.6 Å². The highest BCUT2D eigenvalue weighted by Gasteiger charge is 2.07. The van der Waals surface area contributed by atoms with Gasteiger partial charge in [0.25, 0.3) is 10.1 Å². The Kier molecular flexibility index (Phi) is 22.8. The summed E-state index contributed by atoms with van der Waals surface area (Å²) >= 11 is 0. The summed E-state index contributed by atoms with van der Waals surface area (Å²) in [5.74, 6) is 0.0577. The molecule has 4 N–H and O–H groups in total. The summed E-state index contributed by atoms with van der Waals surface area (Å²) in [6.07, 6.45) is 0. The number of hydrogen-bond acceptors (Lipinski definition) is 6. The first-order valence-corrected chi connectivity index (χ1v) is 21.0. The Hall–Kier alpha value is -5.80. The molecule has 7 aromatic rings. The Morgan fingerprint density at radius 3 is 1.51 bits per heavy atom. The van der Waals surface area contributed by atoms with Gasteiger partial charge in [-0.15, -0.1) is 0 Å². The van der Waals surface area contributed by atoms with Crippen LogP contribution < -0.4 is 0 Å². The second-order valence-electron chi connectivity index (χ2n) is 13.6. The van der Waals surface area contributed by atoms with E-state index < -0.39 is 10.1 Å². The molecule has 0 aliphatic carbocycles. The summed E-state index contributed by atoms with van der Waals surface area (Å²) in [6, 6.07) is 45.4. The number of aryl methyl sites for hydroxylation is 7. The summed E-state index contributed by atoms with van der Waals surface area (Å²) in [4.78, 5) is 10.9. The molecule has 0 aromatic heterocycles. The minimum absolute atomic E-state index is 0.0584. The average molecular weight is 819 g/mol. The van der Waals surface area contributed by atoms with Crippen molar-refractivity contribution in [2.45, 2.75) is 75.0 Å². The van der Waals surface area contributed by atoms with Crippen LogP contribution in [-0.4, -0.2) is 41.2 Å². The SMILES string of the molecule is CC.CC(=O)c1cc(C)ccc1O.CO.Cc1cc2ccccc2c(C)c1O.Cc1ccc(C)cc1.Cc1cccc(CS(=O)(=O)O)c1.Cc1cccc2ccccc12. The molecule has 0 unspecified atom stereocenters.